The summed E-state index contributed by atoms with van der Waals surface area (Å²) in [5.41, 5.74) is 5.60. The molecule has 0 saturated heterocycles. The third-order valence-electron chi connectivity index (χ3n) is 4.56. The van der Waals surface area contributed by atoms with Crippen LogP contribution in [0.15, 0.2) is 71.3 Å². The summed E-state index contributed by atoms with van der Waals surface area (Å²) in [4.78, 5) is 25.7. The summed E-state index contributed by atoms with van der Waals surface area (Å²) in [7, 11) is 0. The van der Waals surface area contributed by atoms with Crippen molar-refractivity contribution in [1.29, 1.82) is 0 Å². The van der Waals surface area contributed by atoms with Gasteiger partial charge in [-0.15, -0.1) is 11.3 Å². The molecular weight excluding hydrogens is 389 g/mol. The fourth-order valence-corrected chi connectivity index (χ4v) is 3.77. The van der Waals surface area contributed by atoms with E-state index in [2.05, 4.69) is 10.5 Å². The summed E-state index contributed by atoms with van der Waals surface area (Å²) in [6.07, 6.45) is 3.33. The molecular formula is C22H16FN3O2S. The first kappa shape index (κ1) is 18.8. The van der Waals surface area contributed by atoms with Crippen LogP contribution in [0.2, 0.25) is 0 Å². The summed E-state index contributed by atoms with van der Waals surface area (Å²) in [5.74, 6) is -0.904. The number of benzene rings is 1. The summed E-state index contributed by atoms with van der Waals surface area (Å²) in [6, 6.07) is 14.5. The van der Waals surface area contributed by atoms with E-state index in [1.165, 1.54) is 41.8 Å². The quantitative estimate of drug-likeness (QED) is 0.303. The lowest BCUT2D eigenvalue weighted by molar-refractivity contribution is 0.0958. The molecule has 144 valence electrons. The van der Waals surface area contributed by atoms with Gasteiger partial charge in [0.05, 0.1) is 22.3 Å². The number of thiophene rings is 1. The Morgan fingerprint density at radius 3 is 2.62 bits per heavy atom. The highest BCUT2D eigenvalue weighted by Gasteiger charge is 2.21. The van der Waals surface area contributed by atoms with Crippen molar-refractivity contribution in [1.82, 2.24) is 9.83 Å². The number of carbonyl (C=O) groups is 2. The topological polar surface area (TPSA) is 62.9 Å². The van der Waals surface area contributed by atoms with E-state index in [0.717, 1.165) is 16.6 Å². The molecule has 3 aromatic heterocycles. The van der Waals surface area contributed by atoms with E-state index in [1.54, 1.807) is 22.7 Å². The number of fused-ring (bicyclic) bond motifs is 1. The zero-order valence-electron chi connectivity index (χ0n) is 15.4. The Balaban J connectivity index is 1.71. The van der Waals surface area contributed by atoms with Crippen LogP contribution in [0, 0.1) is 12.7 Å². The predicted molar refractivity (Wildman–Crippen MR) is 111 cm³/mol. The van der Waals surface area contributed by atoms with Gasteiger partial charge in [0.15, 0.2) is 0 Å². The molecule has 3 heterocycles. The minimum absolute atomic E-state index is 0.217. The monoisotopic (exact) mass is 405 g/mol. The Kier molecular flexibility index (Phi) is 5.05. The molecule has 1 aromatic carbocycles. The molecule has 5 nitrogen and oxygen atoms in total. The van der Waals surface area contributed by atoms with E-state index in [-0.39, 0.29) is 11.7 Å². The van der Waals surface area contributed by atoms with Gasteiger partial charge in [-0.05, 0) is 60.3 Å². The van der Waals surface area contributed by atoms with Crippen molar-refractivity contribution >= 4 is 34.8 Å². The van der Waals surface area contributed by atoms with E-state index < -0.39 is 5.82 Å². The molecule has 4 aromatic rings. The predicted octanol–water partition coefficient (Wildman–Crippen LogP) is 4.44. The molecule has 1 N–H and O–H groups in total. The van der Waals surface area contributed by atoms with E-state index in [1.807, 2.05) is 30.5 Å². The maximum absolute atomic E-state index is 13.2. The van der Waals surface area contributed by atoms with Crippen molar-refractivity contribution in [2.45, 2.75) is 6.92 Å². The number of amides is 1. The Bertz CT molecular complexity index is 1230. The van der Waals surface area contributed by atoms with Crippen LogP contribution in [0.1, 0.15) is 36.9 Å². The molecule has 0 saturated carbocycles. The molecule has 0 aliphatic rings. The fourth-order valence-electron chi connectivity index (χ4n) is 3.16. The average molecular weight is 405 g/mol. The van der Waals surface area contributed by atoms with E-state index >= 15 is 0 Å². The number of rotatable bonds is 5. The molecule has 0 unspecified atom stereocenters. The first-order valence-corrected chi connectivity index (χ1v) is 9.71. The highest BCUT2D eigenvalue weighted by Crippen LogP contribution is 2.24. The molecule has 0 fully saturated rings. The van der Waals surface area contributed by atoms with Crippen LogP contribution < -0.4 is 5.43 Å². The molecule has 7 heteroatoms. The standard InChI is InChI=1S/C22H16FN3O2S/c1-14-17(13-24-25-22(28)19-6-4-12-29-19)18-5-2-3-11-26(18)20(14)21(27)15-7-9-16(23)10-8-15/h2-13H,1H3,(H,25,28). The van der Waals surface area contributed by atoms with Crippen LogP contribution in [0.4, 0.5) is 4.39 Å². The largest absolute Gasteiger partial charge is 0.313 e. The zero-order valence-corrected chi connectivity index (χ0v) is 16.2. The van der Waals surface area contributed by atoms with Gasteiger partial charge in [0.1, 0.15) is 5.82 Å². The number of halogens is 1. The summed E-state index contributed by atoms with van der Waals surface area (Å²) in [6.45, 7) is 1.83. The third-order valence-corrected chi connectivity index (χ3v) is 5.43. The van der Waals surface area contributed by atoms with Crippen LogP contribution >= 0.6 is 11.3 Å². The third kappa shape index (κ3) is 3.60. The van der Waals surface area contributed by atoms with Crippen LogP contribution in [0.5, 0.6) is 0 Å². The SMILES string of the molecule is Cc1c(C=NNC(=O)c2cccs2)c2ccccn2c1C(=O)c1ccc(F)cc1. The lowest BCUT2D eigenvalue weighted by atomic mass is 10.0. The molecule has 0 radical (unpaired) electrons. The van der Waals surface area contributed by atoms with Crippen LogP contribution in [0.3, 0.4) is 0 Å². The van der Waals surface area contributed by atoms with E-state index in [4.69, 9.17) is 0 Å². The minimum atomic E-state index is -0.396. The molecule has 0 aliphatic carbocycles. The smallest absolute Gasteiger partial charge is 0.281 e. The lowest BCUT2D eigenvalue weighted by Gasteiger charge is -2.04. The van der Waals surface area contributed by atoms with Gasteiger partial charge >= 0.3 is 0 Å². The first-order chi connectivity index (χ1) is 14.1. The number of carbonyl (C=O) groups excluding carboxylic acids is 2. The second-order valence-electron chi connectivity index (χ2n) is 6.36. The maximum atomic E-state index is 13.2. The van der Waals surface area contributed by atoms with Crippen molar-refractivity contribution < 1.29 is 14.0 Å². The molecule has 0 atom stereocenters. The molecule has 29 heavy (non-hydrogen) atoms. The maximum Gasteiger partial charge on any atom is 0.281 e. The van der Waals surface area contributed by atoms with Gasteiger partial charge in [0.25, 0.3) is 5.91 Å². The number of ketones is 1. The number of nitrogens with zero attached hydrogens (tertiary/aromatic N) is 2. The van der Waals surface area contributed by atoms with Crippen LogP contribution in [0.25, 0.3) is 5.52 Å². The fraction of sp³-hybridized carbons (Fsp3) is 0.0455. The molecule has 4 rings (SSSR count). The van der Waals surface area contributed by atoms with E-state index in [0.29, 0.717) is 16.1 Å². The Hall–Kier alpha value is -3.58. The number of nitrogens with one attached hydrogen (secondary N) is 1. The number of pyridine rings is 1. The van der Waals surface area contributed by atoms with Gasteiger partial charge in [-0.2, -0.15) is 5.10 Å². The normalized spacial score (nSPS) is 11.2. The average Bonchev–Trinajstić information content (AvgIpc) is 3.35. The van der Waals surface area contributed by atoms with Gasteiger partial charge in [-0.25, -0.2) is 9.82 Å². The Morgan fingerprint density at radius 2 is 1.90 bits per heavy atom. The van der Waals surface area contributed by atoms with Crippen molar-refractivity contribution in [2.75, 3.05) is 0 Å². The molecule has 1 amide bonds. The highest BCUT2D eigenvalue weighted by atomic mass is 32.1. The number of hydrogen-bond donors (Lipinski definition) is 1. The summed E-state index contributed by atoms with van der Waals surface area (Å²) < 4.78 is 15.0. The van der Waals surface area contributed by atoms with Gasteiger partial charge in [0.2, 0.25) is 5.78 Å². The first-order valence-electron chi connectivity index (χ1n) is 8.83. The van der Waals surface area contributed by atoms with Crippen molar-refractivity contribution in [3.8, 4) is 0 Å². The zero-order chi connectivity index (χ0) is 20.4. The van der Waals surface area contributed by atoms with Gasteiger partial charge in [-0.3, -0.25) is 9.59 Å². The van der Waals surface area contributed by atoms with Crippen LogP contribution in [-0.2, 0) is 0 Å². The van der Waals surface area contributed by atoms with Crippen LogP contribution in [-0.4, -0.2) is 22.3 Å². The van der Waals surface area contributed by atoms with Gasteiger partial charge in [0, 0.05) is 17.3 Å². The second kappa shape index (κ2) is 7.81. The minimum Gasteiger partial charge on any atom is -0.313 e. The Morgan fingerprint density at radius 1 is 1.10 bits per heavy atom. The molecule has 0 bridgehead atoms. The number of hydrazone groups is 1. The summed E-state index contributed by atoms with van der Waals surface area (Å²) in [5, 5.41) is 5.89. The molecule has 0 aliphatic heterocycles. The van der Waals surface area contributed by atoms with Gasteiger partial charge in [-0.1, -0.05) is 12.1 Å². The molecule has 0 spiro atoms. The number of aromatic nitrogens is 1. The van der Waals surface area contributed by atoms with Crippen molar-refractivity contribution in [3.05, 3.63) is 99.3 Å². The van der Waals surface area contributed by atoms with Gasteiger partial charge < -0.3 is 4.40 Å². The van der Waals surface area contributed by atoms with Crippen molar-refractivity contribution in [3.63, 3.8) is 0 Å². The summed E-state index contributed by atoms with van der Waals surface area (Å²) >= 11 is 1.33. The van der Waals surface area contributed by atoms with E-state index in [9.17, 15) is 14.0 Å². The second-order valence-corrected chi connectivity index (χ2v) is 7.30. The lowest BCUT2D eigenvalue weighted by Crippen LogP contribution is -2.16. The van der Waals surface area contributed by atoms with Crippen molar-refractivity contribution in [2.24, 2.45) is 5.10 Å². The number of hydrogen-bond acceptors (Lipinski definition) is 4. The highest BCUT2D eigenvalue weighted by molar-refractivity contribution is 7.12. The Labute approximate surface area is 170 Å².